The van der Waals surface area contributed by atoms with E-state index in [4.69, 9.17) is 4.98 Å². The molecule has 5 heteroatoms. The molecule has 0 radical (unpaired) electrons. The zero-order valence-corrected chi connectivity index (χ0v) is 16.8. The quantitative estimate of drug-likeness (QED) is 0.441. The lowest BCUT2D eigenvalue weighted by Gasteiger charge is -2.14. The fourth-order valence-corrected chi connectivity index (χ4v) is 3.56. The minimum atomic E-state index is -0.137. The van der Waals surface area contributed by atoms with Crippen LogP contribution in [0.4, 0.5) is 0 Å². The second kappa shape index (κ2) is 7.12. The van der Waals surface area contributed by atoms with Gasteiger partial charge in [0.15, 0.2) is 5.65 Å². The molecule has 0 saturated heterocycles. The van der Waals surface area contributed by atoms with E-state index in [1.54, 1.807) is 15.4 Å². The lowest BCUT2D eigenvalue weighted by atomic mass is 10.1. The average Bonchev–Trinajstić information content (AvgIpc) is 3.20. The van der Waals surface area contributed by atoms with Crippen molar-refractivity contribution in [3.63, 3.8) is 0 Å². The van der Waals surface area contributed by atoms with Crippen molar-refractivity contribution in [1.82, 2.24) is 19.3 Å². The highest BCUT2D eigenvalue weighted by Crippen LogP contribution is 2.24. The largest absolute Gasteiger partial charge is 0.269 e. The van der Waals surface area contributed by atoms with Gasteiger partial charge in [-0.05, 0) is 38.1 Å². The van der Waals surface area contributed by atoms with Crippen LogP contribution in [-0.2, 0) is 0 Å². The molecule has 5 aromatic rings. The van der Waals surface area contributed by atoms with E-state index in [2.05, 4.69) is 5.10 Å². The zero-order chi connectivity index (χ0) is 20.7. The van der Waals surface area contributed by atoms with Gasteiger partial charge in [-0.3, -0.25) is 9.36 Å². The Hall–Kier alpha value is -3.99. The molecule has 0 atom stereocenters. The Labute approximate surface area is 173 Å². The van der Waals surface area contributed by atoms with E-state index in [0.717, 1.165) is 28.1 Å². The maximum atomic E-state index is 13.6. The molecule has 0 N–H and O–H groups in total. The molecule has 0 spiro atoms. The summed E-state index contributed by atoms with van der Waals surface area (Å²) in [4.78, 5) is 18.5. The number of aromatic nitrogens is 4. The van der Waals surface area contributed by atoms with Gasteiger partial charge in [-0.15, -0.1) is 0 Å². The molecule has 0 bridgehead atoms. The van der Waals surface area contributed by atoms with Crippen LogP contribution in [-0.4, -0.2) is 19.3 Å². The fraction of sp³-hybridized carbons (Fsp3) is 0.0800. The van der Waals surface area contributed by atoms with Gasteiger partial charge in [0.25, 0.3) is 5.56 Å². The van der Waals surface area contributed by atoms with Crippen molar-refractivity contribution in [3.05, 3.63) is 107 Å². The van der Waals surface area contributed by atoms with Crippen molar-refractivity contribution >= 4 is 11.0 Å². The van der Waals surface area contributed by atoms with Gasteiger partial charge in [0.05, 0.1) is 17.6 Å². The van der Waals surface area contributed by atoms with Crippen LogP contribution in [0.3, 0.4) is 0 Å². The summed E-state index contributed by atoms with van der Waals surface area (Å²) in [6.45, 7) is 4.07. The monoisotopic (exact) mass is 392 g/mol. The van der Waals surface area contributed by atoms with E-state index in [1.165, 1.54) is 0 Å². The van der Waals surface area contributed by atoms with E-state index in [1.807, 2.05) is 92.7 Å². The maximum Gasteiger partial charge on any atom is 0.269 e. The van der Waals surface area contributed by atoms with Gasteiger partial charge in [-0.25, -0.2) is 9.67 Å². The first-order valence-electron chi connectivity index (χ1n) is 9.82. The van der Waals surface area contributed by atoms with Crippen LogP contribution in [0.2, 0.25) is 0 Å². The fourth-order valence-electron chi connectivity index (χ4n) is 3.56. The van der Waals surface area contributed by atoms with Gasteiger partial charge >= 0.3 is 0 Å². The number of rotatable bonds is 3. The summed E-state index contributed by atoms with van der Waals surface area (Å²) in [6, 6.07) is 25.7. The van der Waals surface area contributed by atoms with Crippen LogP contribution in [0.1, 0.15) is 11.1 Å². The van der Waals surface area contributed by atoms with E-state index in [-0.39, 0.29) is 5.56 Å². The van der Waals surface area contributed by atoms with Crippen LogP contribution < -0.4 is 5.56 Å². The molecular weight excluding hydrogens is 372 g/mol. The third-order valence-electron chi connectivity index (χ3n) is 5.20. The second-order valence-corrected chi connectivity index (χ2v) is 7.41. The van der Waals surface area contributed by atoms with E-state index >= 15 is 0 Å². The minimum absolute atomic E-state index is 0.137. The molecule has 0 amide bonds. The second-order valence-electron chi connectivity index (χ2n) is 7.41. The maximum absolute atomic E-state index is 13.6. The molecule has 146 valence electrons. The van der Waals surface area contributed by atoms with Crippen LogP contribution in [0.5, 0.6) is 0 Å². The summed E-state index contributed by atoms with van der Waals surface area (Å²) < 4.78 is 3.39. The Balaban J connectivity index is 1.85. The Morgan fingerprint density at radius 1 is 0.733 bits per heavy atom. The summed E-state index contributed by atoms with van der Waals surface area (Å²) >= 11 is 0. The SMILES string of the molecule is Cc1ccc(-c2nc3c(cnn3-c3ccccc3)c(=O)n2-c2ccc(C)cc2)cc1. The molecule has 0 aliphatic rings. The van der Waals surface area contributed by atoms with Gasteiger partial charge in [0.2, 0.25) is 0 Å². The number of para-hydroxylation sites is 1. The third-order valence-corrected chi connectivity index (χ3v) is 5.20. The summed E-state index contributed by atoms with van der Waals surface area (Å²) in [6.07, 6.45) is 1.60. The highest BCUT2D eigenvalue weighted by Gasteiger charge is 2.18. The van der Waals surface area contributed by atoms with Crippen LogP contribution >= 0.6 is 0 Å². The number of benzene rings is 3. The normalized spacial score (nSPS) is 11.1. The zero-order valence-electron chi connectivity index (χ0n) is 16.8. The first kappa shape index (κ1) is 18.1. The molecular formula is C25H20N4O. The average molecular weight is 392 g/mol. The van der Waals surface area contributed by atoms with Crippen molar-refractivity contribution in [2.24, 2.45) is 0 Å². The van der Waals surface area contributed by atoms with Crippen molar-refractivity contribution in [3.8, 4) is 22.8 Å². The number of hydrogen-bond acceptors (Lipinski definition) is 3. The Morgan fingerprint density at radius 2 is 1.37 bits per heavy atom. The molecule has 0 aliphatic carbocycles. The smallest absolute Gasteiger partial charge is 0.268 e. The number of hydrogen-bond donors (Lipinski definition) is 0. The van der Waals surface area contributed by atoms with Gasteiger partial charge in [-0.1, -0.05) is 65.7 Å². The first-order valence-corrected chi connectivity index (χ1v) is 9.82. The van der Waals surface area contributed by atoms with E-state index < -0.39 is 0 Å². The van der Waals surface area contributed by atoms with Gasteiger partial charge in [-0.2, -0.15) is 5.10 Å². The summed E-state index contributed by atoms with van der Waals surface area (Å²) in [5.41, 5.74) is 5.21. The lowest BCUT2D eigenvalue weighted by molar-refractivity contribution is 0.888. The molecule has 2 aromatic heterocycles. The van der Waals surface area contributed by atoms with Crippen LogP contribution in [0.15, 0.2) is 89.9 Å². The summed E-state index contributed by atoms with van der Waals surface area (Å²) in [7, 11) is 0. The highest BCUT2D eigenvalue weighted by atomic mass is 16.1. The molecule has 0 fully saturated rings. The third kappa shape index (κ3) is 3.01. The van der Waals surface area contributed by atoms with E-state index in [9.17, 15) is 4.79 Å². The van der Waals surface area contributed by atoms with Crippen molar-refractivity contribution in [1.29, 1.82) is 0 Å². The van der Waals surface area contributed by atoms with Crippen LogP contribution in [0.25, 0.3) is 33.8 Å². The summed E-state index contributed by atoms with van der Waals surface area (Å²) in [5, 5.41) is 4.95. The molecule has 0 saturated carbocycles. The van der Waals surface area contributed by atoms with Gasteiger partial charge in [0.1, 0.15) is 11.2 Å². The predicted molar refractivity (Wildman–Crippen MR) is 119 cm³/mol. The minimum Gasteiger partial charge on any atom is -0.268 e. The molecule has 0 unspecified atom stereocenters. The van der Waals surface area contributed by atoms with Gasteiger partial charge < -0.3 is 0 Å². The Morgan fingerprint density at radius 3 is 2.03 bits per heavy atom. The Kier molecular flexibility index (Phi) is 4.29. The molecule has 5 nitrogen and oxygen atoms in total. The van der Waals surface area contributed by atoms with Crippen molar-refractivity contribution < 1.29 is 0 Å². The number of nitrogens with zero attached hydrogens (tertiary/aromatic N) is 4. The van der Waals surface area contributed by atoms with Crippen molar-refractivity contribution in [2.75, 3.05) is 0 Å². The topological polar surface area (TPSA) is 52.7 Å². The predicted octanol–water partition coefficient (Wildman–Crippen LogP) is 4.86. The standard InChI is InChI=1S/C25H20N4O/c1-17-8-12-19(13-9-17)23-27-24-22(16-26-29(24)21-6-4-3-5-7-21)25(30)28(23)20-14-10-18(2)11-15-20/h3-16H,1-2H3. The molecule has 0 aliphatic heterocycles. The molecule has 2 heterocycles. The number of fused-ring (bicyclic) bond motifs is 1. The molecule has 5 rings (SSSR count). The number of aryl methyl sites for hydroxylation is 2. The first-order chi connectivity index (χ1) is 14.6. The van der Waals surface area contributed by atoms with Gasteiger partial charge in [0, 0.05) is 5.56 Å². The van der Waals surface area contributed by atoms with E-state index in [0.29, 0.717) is 16.9 Å². The van der Waals surface area contributed by atoms with Crippen LogP contribution in [0, 0.1) is 13.8 Å². The van der Waals surface area contributed by atoms with Crippen molar-refractivity contribution in [2.45, 2.75) is 13.8 Å². The summed E-state index contributed by atoms with van der Waals surface area (Å²) in [5.74, 6) is 0.592. The molecule has 3 aromatic carbocycles. The molecule has 30 heavy (non-hydrogen) atoms. The highest BCUT2D eigenvalue weighted by molar-refractivity contribution is 5.78. The lowest BCUT2D eigenvalue weighted by Crippen LogP contribution is -2.22. The Bertz CT molecular complexity index is 1400.